The Morgan fingerprint density at radius 3 is 2.50 bits per heavy atom. The fourth-order valence-corrected chi connectivity index (χ4v) is 1.36. The highest BCUT2D eigenvalue weighted by atomic mass is 14.9. The molecule has 0 radical (unpaired) electrons. The van der Waals surface area contributed by atoms with Gasteiger partial charge >= 0.3 is 0 Å². The first-order valence-electron chi connectivity index (χ1n) is 4.49. The number of hydrogen-bond donors (Lipinski definition) is 0. The van der Waals surface area contributed by atoms with Crippen LogP contribution in [0.25, 0.3) is 11.4 Å². The minimum atomic E-state index is 0.783. The van der Waals surface area contributed by atoms with Crippen LogP contribution in [0.1, 0.15) is 11.5 Å². The summed E-state index contributed by atoms with van der Waals surface area (Å²) in [4.78, 5) is 12.8. The van der Waals surface area contributed by atoms with E-state index in [1.807, 2.05) is 38.1 Å². The lowest BCUT2D eigenvalue weighted by atomic mass is 10.2. The summed E-state index contributed by atoms with van der Waals surface area (Å²) >= 11 is 0. The van der Waals surface area contributed by atoms with Crippen molar-refractivity contribution in [2.75, 3.05) is 0 Å². The van der Waals surface area contributed by atoms with Gasteiger partial charge in [-0.2, -0.15) is 0 Å². The predicted molar refractivity (Wildman–Crippen MR) is 54.7 cm³/mol. The molecule has 70 valence electrons. The third kappa shape index (κ3) is 1.76. The Bertz CT molecular complexity index is 417. The number of pyridine rings is 1. The van der Waals surface area contributed by atoms with Gasteiger partial charge in [0.15, 0.2) is 0 Å². The van der Waals surface area contributed by atoms with E-state index in [1.165, 1.54) is 0 Å². The lowest BCUT2D eigenvalue weighted by Gasteiger charge is -2.01. The van der Waals surface area contributed by atoms with E-state index < -0.39 is 0 Å². The van der Waals surface area contributed by atoms with Gasteiger partial charge in [0.1, 0.15) is 5.82 Å². The highest BCUT2D eigenvalue weighted by Crippen LogP contribution is 2.13. The van der Waals surface area contributed by atoms with Crippen LogP contribution in [0.5, 0.6) is 0 Å². The maximum atomic E-state index is 4.33. The predicted octanol–water partition coefficient (Wildman–Crippen LogP) is 2.16. The molecule has 0 fully saturated rings. The largest absolute Gasteiger partial charge is 0.255 e. The Labute approximate surface area is 82.9 Å². The smallest absolute Gasteiger partial charge is 0.126 e. The highest BCUT2D eigenvalue weighted by Gasteiger charge is 2.01. The molecule has 0 aliphatic rings. The van der Waals surface area contributed by atoms with Gasteiger partial charge in [0.25, 0.3) is 0 Å². The summed E-state index contributed by atoms with van der Waals surface area (Å²) in [6, 6.07) is 7.73. The SMILES string of the molecule is Cc1cc(-c2ccccn2)nc(C)n1. The average molecular weight is 185 g/mol. The van der Waals surface area contributed by atoms with Crippen molar-refractivity contribution in [2.24, 2.45) is 0 Å². The van der Waals surface area contributed by atoms with Crippen molar-refractivity contribution in [3.05, 3.63) is 42.0 Å². The molecule has 2 rings (SSSR count). The van der Waals surface area contributed by atoms with Crippen LogP contribution in [0.2, 0.25) is 0 Å². The summed E-state index contributed by atoms with van der Waals surface area (Å²) in [5.41, 5.74) is 2.75. The molecule has 0 unspecified atom stereocenters. The zero-order valence-electron chi connectivity index (χ0n) is 8.23. The number of rotatable bonds is 1. The van der Waals surface area contributed by atoms with Gasteiger partial charge in [-0.1, -0.05) is 6.07 Å². The van der Waals surface area contributed by atoms with Crippen molar-refractivity contribution >= 4 is 0 Å². The van der Waals surface area contributed by atoms with Crippen molar-refractivity contribution < 1.29 is 0 Å². The number of aromatic nitrogens is 3. The molecule has 14 heavy (non-hydrogen) atoms. The first-order chi connectivity index (χ1) is 6.75. The average Bonchev–Trinajstić information content (AvgIpc) is 2.18. The summed E-state index contributed by atoms with van der Waals surface area (Å²) < 4.78 is 0. The Morgan fingerprint density at radius 1 is 1.00 bits per heavy atom. The Kier molecular flexibility index (Phi) is 2.23. The molecular weight excluding hydrogens is 174 g/mol. The van der Waals surface area contributed by atoms with Crippen LogP contribution in [0, 0.1) is 13.8 Å². The van der Waals surface area contributed by atoms with Crippen LogP contribution in [0.15, 0.2) is 30.5 Å². The van der Waals surface area contributed by atoms with Gasteiger partial charge < -0.3 is 0 Å². The van der Waals surface area contributed by atoms with Crippen molar-refractivity contribution in [1.82, 2.24) is 15.0 Å². The maximum Gasteiger partial charge on any atom is 0.126 e. The monoisotopic (exact) mass is 185 g/mol. The third-order valence-corrected chi connectivity index (χ3v) is 1.89. The molecule has 0 saturated heterocycles. The summed E-state index contributed by atoms with van der Waals surface area (Å²) in [6.07, 6.45) is 1.77. The minimum Gasteiger partial charge on any atom is -0.255 e. The van der Waals surface area contributed by atoms with E-state index in [1.54, 1.807) is 6.20 Å². The van der Waals surface area contributed by atoms with Gasteiger partial charge in [-0.05, 0) is 32.0 Å². The maximum absolute atomic E-state index is 4.33. The second-order valence-corrected chi connectivity index (χ2v) is 3.16. The molecule has 0 saturated carbocycles. The molecule has 0 aliphatic carbocycles. The van der Waals surface area contributed by atoms with Crippen LogP contribution >= 0.6 is 0 Å². The van der Waals surface area contributed by atoms with Gasteiger partial charge in [0.05, 0.1) is 11.4 Å². The van der Waals surface area contributed by atoms with Crippen molar-refractivity contribution in [2.45, 2.75) is 13.8 Å². The van der Waals surface area contributed by atoms with Crippen LogP contribution in [-0.4, -0.2) is 15.0 Å². The molecule has 0 amide bonds. The van der Waals surface area contributed by atoms with Crippen LogP contribution in [0.4, 0.5) is 0 Å². The summed E-state index contributed by atoms with van der Waals surface area (Å²) in [5, 5.41) is 0. The van der Waals surface area contributed by atoms with E-state index in [0.717, 1.165) is 22.9 Å². The summed E-state index contributed by atoms with van der Waals surface area (Å²) in [7, 11) is 0. The van der Waals surface area contributed by atoms with Crippen molar-refractivity contribution in [3.63, 3.8) is 0 Å². The lowest BCUT2D eigenvalue weighted by Crippen LogP contribution is -1.94. The fraction of sp³-hybridized carbons (Fsp3) is 0.182. The molecule has 2 aromatic heterocycles. The highest BCUT2D eigenvalue weighted by molar-refractivity contribution is 5.53. The molecule has 0 atom stereocenters. The van der Waals surface area contributed by atoms with E-state index in [-0.39, 0.29) is 0 Å². The normalized spacial score (nSPS) is 10.1. The van der Waals surface area contributed by atoms with Gasteiger partial charge in [0, 0.05) is 11.9 Å². The van der Waals surface area contributed by atoms with E-state index in [9.17, 15) is 0 Å². The van der Waals surface area contributed by atoms with Crippen LogP contribution in [-0.2, 0) is 0 Å². The molecule has 2 heterocycles. The van der Waals surface area contributed by atoms with E-state index in [2.05, 4.69) is 15.0 Å². The molecule has 0 N–H and O–H groups in total. The second-order valence-electron chi connectivity index (χ2n) is 3.16. The Morgan fingerprint density at radius 2 is 1.86 bits per heavy atom. The van der Waals surface area contributed by atoms with E-state index in [0.29, 0.717) is 0 Å². The van der Waals surface area contributed by atoms with Gasteiger partial charge in [0.2, 0.25) is 0 Å². The molecule has 0 bridgehead atoms. The lowest BCUT2D eigenvalue weighted by molar-refractivity contribution is 1.01. The Hall–Kier alpha value is -1.77. The number of hydrogen-bond acceptors (Lipinski definition) is 3. The number of aryl methyl sites for hydroxylation is 2. The van der Waals surface area contributed by atoms with E-state index >= 15 is 0 Å². The molecule has 3 nitrogen and oxygen atoms in total. The second kappa shape index (κ2) is 3.54. The number of nitrogens with zero attached hydrogens (tertiary/aromatic N) is 3. The van der Waals surface area contributed by atoms with Gasteiger partial charge in [-0.3, -0.25) is 4.98 Å². The minimum absolute atomic E-state index is 0.783. The first kappa shape index (κ1) is 8.81. The quantitative estimate of drug-likeness (QED) is 0.683. The molecule has 2 aromatic rings. The van der Waals surface area contributed by atoms with Crippen LogP contribution in [0.3, 0.4) is 0 Å². The molecule has 3 heteroatoms. The Balaban J connectivity index is 2.52. The van der Waals surface area contributed by atoms with Gasteiger partial charge in [-0.25, -0.2) is 9.97 Å². The third-order valence-electron chi connectivity index (χ3n) is 1.89. The van der Waals surface area contributed by atoms with Crippen molar-refractivity contribution in [3.8, 4) is 11.4 Å². The van der Waals surface area contributed by atoms with Gasteiger partial charge in [-0.15, -0.1) is 0 Å². The molecule has 0 aliphatic heterocycles. The van der Waals surface area contributed by atoms with E-state index in [4.69, 9.17) is 0 Å². The van der Waals surface area contributed by atoms with Crippen LogP contribution < -0.4 is 0 Å². The summed E-state index contributed by atoms with van der Waals surface area (Å²) in [6.45, 7) is 3.85. The fourth-order valence-electron chi connectivity index (χ4n) is 1.36. The zero-order valence-corrected chi connectivity index (χ0v) is 8.23. The molecule has 0 aromatic carbocycles. The molecule has 0 spiro atoms. The first-order valence-corrected chi connectivity index (χ1v) is 4.49. The topological polar surface area (TPSA) is 38.7 Å². The standard InChI is InChI=1S/C11H11N3/c1-8-7-11(14-9(2)13-8)10-5-3-4-6-12-10/h3-7H,1-2H3. The van der Waals surface area contributed by atoms with Crippen molar-refractivity contribution in [1.29, 1.82) is 0 Å². The zero-order chi connectivity index (χ0) is 9.97. The summed E-state index contributed by atoms with van der Waals surface area (Å²) in [5.74, 6) is 0.783. The molecular formula is C11H11N3.